The molecular weight excluding hydrogens is 705 g/mol. The number of ether oxygens (including phenoxy) is 2. The Kier molecular flexibility index (Phi) is 36.4. The number of hydrogen-bond donors (Lipinski definition) is 3. The molecule has 0 aromatic rings. The second kappa shape index (κ2) is 38.4. The SMILES string of the molecule is CC/C=C\C/C=C\C/C=C\CCCCCCCC(=O)OC[C@H](COP(=O)(O)OCCN)OC(=O)CCC/C=C/C/C=C\C[C@@H](O)/C=C\C=C/CCCCC. The number of aliphatic hydroxyl groups is 1. The second-order valence-corrected chi connectivity index (χ2v) is 14.4. The smallest absolute Gasteiger partial charge is 0.462 e. The van der Waals surface area contributed by atoms with Crippen molar-refractivity contribution in [2.24, 2.45) is 5.73 Å². The molecule has 10 nitrogen and oxygen atoms in total. The highest BCUT2D eigenvalue weighted by Crippen LogP contribution is 2.43. The van der Waals surface area contributed by atoms with E-state index < -0.39 is 38.6 Å². The molecule has 0 aromatic heterocycles. The van der Waals surface area contributed by atoms with E-state index in [1.54, 1.807) is 6.08 Å². The number of carbonyl (C=O) groups excluding carboxylic acids is 2. The van der Waals surface area contributed by atoms with Gasteiger partial charge in [-0.15, -0.1) is 0 Å². The molecule has 0 bridgehead atoms. The first-order valence-electron chi connectivity index (χ1n) is 20.2. The van der Waals surface area contributed by atoms with E-state index in [4.69, 9.17) is 24.3 Å². The van der Waals surface area contributed by atoms with Crippen LogP contribution in [0.4, 0.5) is 0 Å². The van der Waals surface area contributed by atoms with Gasteiger partial charge in [0.05, 0.1) is 19.3 Å². The zero-order valence-corrected chi connectivity index (χ0v) is 34.2. The highest BCUT2D eigenvalue weighted by atomic mass is 31.2. The molecule has 308 valence electrons. The first-order valence-corrected chi connectivity index (χ1v) is 21.7. The van der Waals surface area contributed by atoms with Crippen LogP contribution in [0.1, 0.15) is 136 Å². The van der Waals surface area contributed by atoms with Crippen LogP contribution < -0.4 is 5.73 Å². The van der Waals surface area contributed by atoms with E-state index in [0.717, 1.165) is 57.8 Å². The number of hydrogen-bond acceptors (Lipinski definition) is 9. The lowest BCUT2D eigenvalue weighted by Gasteiger charge is -2.19. The maximum absolute atomic E-state index is 12.5. The predicted octanol–water partition coefficient (Wildman–Crippen LogP) is 10.2. The molecule has 0 fully saturated rings. The van der Waals surface area contributed by atoms with Crippen LogP contribution in [0.3, 0.4) is 0 Å². The standard InChI is InChI=1S/C43H72NO9P/c1-3-5-7-9-11-12-13-14-15-16-17-18-22-26-30-34-42(46)50-38-41(39-52-54(48,49)51-37-36-44)53-43(47)35-31-27-23-19-21-25-29-33-40(45)32-28-24-20-10-8-6-4-2/h5,7,11-12,14-15,19-20,23-25,28-29,32,40-41,45H,3-4,6,8-10,13,16-18,21-22,26-27,30-31,33-39,44H2,1-2H3,(H,48,49)/b7-5-,12-11-,15-14-,23-19+,24-20-,29-25-,32-28-/t40-,41+/m0/s1. The molecule has 0 radical (unpaired) electrons. The average Bonchev–Trinajstić information content (AvgIpc) is 3.15. The molecule has 0 saturated carbocycles. The number of phosphoric ester groups is 1. The minimum absolute atomic E-state index is 0.0270. The Morgan fingerprint density at radius 2 is 1.26 bits per heavy atom. The van der Waals surface area contributed by atoms with Crippen molar-refractivity contribution < 1.29 is 42.7 Å². The number of aliphatic hydroxyl groups excluding tert-OH is 1. The summed E-state index contributed by atoms with van der Waals surface area (Å²) in [6.07, 6.45) is 43.6. The number of rotatable bonds is 36. The largest absolute Gasteiger partial charge is 0.472 e. The molecule has 4 N–H and O–H groups in total. The molecule has 0 aliphatic carbocycles. The molecule has 0 amide bonds. The van der Waals surface area contributed by atoms with Crippen molar-refractivity contribution in [1.29, 1.82) is 0 Å². The van der Waals surface area contributed by atoms with E-state index in [1.165, 1.54) is 19.3 Å². The van der Waals surface area contributed by atoms with Crippen molar-refractivity contribution in [2.75, 3.05) is 26.4 Å². The molecule has 54 heavy (non-hydrogen) atoms. The van der Waals surface area contributed by atoms with Crippen LogP contribution in [-0.2, 0) is 32.7 Å². The maximum Gasteiger partial charge on any atom is 0.472 e. The Bertz CT molecular complexity index is 1180. The van der Waals surface area contributed by atoms with E-state index in [2.05, 4.69) is 56.4 Å². The van der Waals surface area contributed by atoms with Crippen LogP contribution in [0, 0.1) is 0 Å². The summed E-state index contributed by atoms with van der Waals surface area (Å²) in [7, 11) is -4.41. The summed E-state index contributed by atoms with van der Waals surface area (Å²) in [5.41, 5.74) is 5.33. The molecule has 3 atom stereocenters. The Morgan fingerprint density at radius 1 is 0.667 bits per heavy atom. The number of esters is 2. The predicted molar refractivity (Wildman–Crippen MR) is 221 cm³/mol. The van der Waals surface area contributed by atoms with Crippen LogP contribution in [-0.4, -0.2) is 60.5 Å². The van der Waals surface area contributed by atoms with E-state index in [-0.39, 0.29) is 32.6 Å². The van der Waals surface area contributed by atoms with Gasteiger partial charge in [-0.25, -0.2) is 4.57 Å². The second-order valence-electron chi connectivity index (χ2n) is 13.0. The lowest BCUT2D eigenvalue weighted by molar-refractivity contribution is -0.161. The summed E-state index contributed by atoms with van der Waals surface area (Å²) in [6, 6.07) is 0. The summed E-state index contributed by atoms with van der Waals surface area (Å²) in [4.78, 5) is 34.8. The first kappa shape index (κ1) is 51.1. The van der Waals surface area contributed by atoms with Crippen LogP contribution in [0.15, 0.2) is 85.1 Å². The quantitative estimate of drug-likeness (QED) is 0.0184. The Balaban J connectivity index is 4.41. The topological polar surface area (TPSA) is 155 Å². The lowest BCUT2D eigenvalue weighted by atomic mass is 10.1. The van der Waals surface area contributed by atoms with Gasteiger partial charge in [0.1, 0.15) is 6.61 Å². The van der Waals surface area contributed by atoms with Gasteiger partial charge < -0.3 is 25.2 Å². The Morgan fingerprint density at radius 3 is 1.96 bits per heavy atom. The monoisotopic (exact) mass is 777 g/mol. The third-order valence-corrected chi connectivity index (χ3v) is 8.83. The highest BCUT2D eigenvalue weighted by molar-refractivity contribution is 7.47. The van der Waals surface area contributed by atoms with Crippen molar-refractivity contribution in [3.8, 4) is 0 Å². The number of allylic oxidation sites excluding steroid dienone is 12. The molecule has 0 heterocycles. The Hall–Kier alpha value is -2.85. The van der Waals surface area contributed by atoms with Gasteiger partial charge in [-0.05, 0) is 77.0 Å². The highest BCUT2D eigenvalue weighted by Gasteiger charge is 2.25. The maximum atomic E-state index is 12.5. The molecular formula is C43H72NO9P. The van der Waals surface area contributed by atoms with Gasteiger partial charge in [-0.1, -0.05) is 131 Å². The molecule has 1 unspecified atom stereocenters. The molecule has 11 heteroatoms. The number of phosphoric acid groups is 1. The van der Waals surface area contributed by atoms with Gasteiger partial charge in [-0.3, -0.25) is 18.6 Å². The molecule has 0 aromatic carbocycles. The lowest BCUT2D eigenvalue weighted by Crippen LogP contribution is -2.29. The van der Waals surface area contributed by atoms with E-state index in [0.29, 0.717) is 32.1 Å². The van der Waals surface area contributed by atoms with Gasteiger partial charge in [0.15, 0.2) is 6.10 Å². The van der Waals surface area contributed by atoms with Gasteiger partial charge in [0.25, 0.3) is 0 Å². The van der Waals surface area contributed by atoms with E-state index in [1.807, 2.05) is 36.5 Å². The molecule has 0 saturated heterocycles. The third kappa shape index (κ3) is 37.5. The summed E-state index contributed by atoms with van der Waals surface area (Å²) >= 11 is 0. The summed E-state index contributed by atoms with van der Waals surface area (Å²) in [5.74, 6) is -0.966. The van der Waals surface area contributed by atoms with Gasteiger partial charge >= 0.3 is 19.8 Å². The van der Waals surface area contributed by atoms with Crippen LogP contribution in [0.25, 0.3) is 0 Å². The van der Waals surface area contributed by atoms with Gasteiger partial charge in [0, 0.05) is 19.4 Å². The van der Waals surface area contributed by atoms with E-state index in [9.17, 15) is 24.2 Å². The summed E-state index contributed by atoms with van der Waals surface area (Å²) < 4.78 is 32.6. The zero-order chi connectivity index (χ0) is 39.8. The molecule has 0 aliphatic rings. The number of nitrogens with two attached hydrogens (primary N) is 1. The zero-order valence-electron chi connectivity index (χ0n) is 33.3. The fourth-order valence-electron chi connectivity index (χ4n) is 4.84. The molecule has 0 spiro atoms. The van der Waals surface area contributed by atoms with Crippen LogP contribution in [0.2, 0.25) is 0 Å². The van der Waals surface area contributed by atoms with Gasteiger partial charge in [0.2, 0.25) is 0 Å². The van der Waals surface area contributed by atoms with Crippen molar-refractivity contribution >= 4 is 19.8 Å². The minimum Gasteiger partial charge on any atom is -0.462 e. The molecule has 0 aliphatic heterocycles. The van der Waals surface area contributed by atoms with Crippen LogP contribution in [0.5, 0.6) is 0 Å². The van der Waals surface area contributed by atoms with Crippen molar-refractivity contribution in [3.05, 3.63) is 85.1 Å². The molecule has 0 rings (SSSR count). The normalized spacial score (nSPS) is 14.8. The van der Waals surface area contributed by atoms with Crippen molar-refractivity contribution in [1.82, 2.24) is 0 Å². The van der Waals surface area contributed by atoms with Crippen LogP contribution >= 0.6 is 7.82 Å². The minimum atomic E-state index is -4.41. The third-order valence-electron chi connectivity index (χ3n) is 7.85. The van der Waals surface area contributed by atoms with Crippen molar-refractivity contribution in [2.45, 2.75) is 148 Å². The fraction of sp³-hybridized carbons (Fsp3) is 0.628. The van der Waals surface area contributed by atoms with Crippen molar-refractivity contribution in [3.63, 3.8) is 0 Å². The Labute approximate surface area is 326 Å². The number of unbranched alkanes of at least 4 members (excludes halogenated alkanes) is 9. The summed E-state index contributed by atoms with van der Waals surface area (Å²) in [6.45, 7) is 3.38. The average molecular weight is 778 g/mol. The summed E-state index contributed by atoms with van der Waals surface area (Å²) in [5, 5.41) is 10.1. The van der Waals surface area contributed by atoms with E-state index >= 15 is 0 Å². The van der Waals surface area contributed by atoms with Gasteiger partial charge in [-0.2, -0.15) is 0 Å². The number of carbonyl (C=O) groups is 2. The first-order chi connectivity index (χ1) is 26.2. The fourth-order valence-corrected chi connectivity index (χ4v) is 5.60.